The molecule has 0 aliphatic carbocycles. The highest BCUT2D eigenvalue weighted by Gasteiger charge is 1.95. The van der Waals surface area contributed by atoms with Crippen molar-refractivity contribution >= 4 is 11.8 Å². The molecule has 0 aromatic carbocycles. The average Bonchev–Trinajstić information content (AvgIpc) is 1.76. The Morgan fingerprint density at radius 1 is 1.80 bits per heavy atom. The normalized spacial score (nSPS) is 24.0. The molecule has 5 heavy (non-hydrogen) atoms. The summed E-state index contributed by atoms with van der Waals surface area (Å²) < 4.78 is 0. The van der Waals surface area contributed by atoms with Crippen LogP contribution < -0.4 is 5.32 Å². The lowest BCUT2D eigenvalue weighted by Gasteiger charge is -1.74. The molecule has 0 saturated carbocycles. The van der Waals surface area contributed by atoms with E-state index in [0.717, 1.165) is 12.4 Å². The van der Waals surface area contributed by atoms with Crippen molar-refractivity contribution in [2.45, 2.75) is 0 Å². The molecule has 1 N–H and O–H groups in total. The predicted molar refractivity (Wildman–Crippen MR) is 23.7 cm³/mol. The zero-order valence-electron chi connectivity index (χ0n) is 2.82. The van der Waals surface area contributed by atoms with E-state index in [1.165, 1.54) is 0 Å². The minimum Gasteiger partial charge on any atom is -0.306 e. The van der Waals surface area contributed by atoms with Crippen LogP contribution in [0.2, 0.25) is 0 Å². The van der Waals surface area contributed by atoms with Gasteiger partial charge in [0.05, 0.1) is 5.75 Å². The zero-order chi connectivity index (χ0) is 3.54. The number of rotatable bonds is 0. The van der Waals surface area contributed by atoms with E-state index in [0.29, 0.717) is 0 Å². The first-order chi connectivity index (χ1) is 2.50. The molecule has 2 radical (unpaired) electrons. The zero-order valence-corrected chi connectivity index (χ0v) is 3.64. The lowest BCUT2D eigenvalue weighted by Crippen LogP contribution is -2.03. The molecular weight excluding hydrogens is 82.1 g/mol. The van der Waals surface area contributed by atoms with E-state index in [-0.39, 0.29) is 0 Å². The van der Waals surface area contributed by atoms with Crippen molar-refractivity contribution in [3.8, 4) is 0 Å². The van der Waals surface area contributed by atoms with Crippen molar-refractivity contribution < 1.29 is 0 Å². The molecule has 2 heteroatoms. The molecule has 1 aliphatic rings. The van der Waals surface area contributed by atoms with Crippen LogP contribution in [0, 0.1) is 5.75 Å². The predicted octanol–water partition coefficient (Wildman–Crippen LogP) is 0.319. The van der Waals surface area contributed by atoms with Gasteiger partial charge in [0.15, 0.2) is 0 Å². The van der Waals surface area contributed by atoms with Gasteiger partial charge >= 0.3 is 0 Å². The molecule has 1 nitrogen and oxygen atoms in total. The third-order valence-corrected chi connectivity index (χ3v) is 1.17. The largest absolute Gasteiger partial charge is 0.306 e. The lowest BCUT2D eigenvalue weighted by molar-refractivity contribution is 0.912. The van der Waals surface area contributed by atoms with Gasteiger partial charge in [0.1, 0.15) is 0 Å². The molecule has 1 aliphatic heterocycles. The van der Waals surface area contributed by atoms with Gasteiger partial charge < -0.3 is 5.32 Å². The highest BCUT2D eigenvalue weighted by Crippen LogP contribution is 2.05. The molecule has 0 aromatic heterocycles. The lowest BCUT2D eigenvalue weighted by atomic mass is 10.8. The van der Waals surface area contributed by atoms with Gasteiger partial charge in [-0.1, -0.05) is 0 Å². The Morgan fingerprint density at radius 2 is 2.80 bits per heavy atom. The Balaban J connectivity index is 2.08. The Morgan fingerprint density at radius 3 is 3.00 bits per heavy atom. The summed E-state index contributed by atoms with van der Waals surface area (Å²) in [5, 5.41) is 3.07. The Hall–Kier alpha value is 0.310. The first kappa shape index (κ1) is 3.50. The van der Waals surface area contributed by atoms with Gasteiger partial charge in [-0.15, -0.1) is 11.8 Å². The quantitative estimate of drug-likeness (QED) is 0.456. The monoisotopic (exact) mass is 87.0 g/mol. The number of nitrogens with one attached hydrogen (secondary N) is 1. The summed E-state index contributed by atoms with van der Waals surface area (Å²) in [5.41, 5.74) is 0. The minimum absolute atomic E-state index is 0.963. The Bertz CT molecular complexity index is 18.5. The van der Waals surface area contributed by atoms with Crippen molar-refractivity contribution in [3.63, 3.8) is 0 Å². The van der Waals surface area contributed by atoms with Crippen molar-refractivity contribution in [1.82, 2.24) is 5.32 Å². The van der Waals surface area contributed by atoms with Gasteiger partial charge in [0, 0.05) is 12.4 Å². The van der Waals surface area contributed by atoms with E-state index in [4.69, 9.17) is 0 Å². The van der Waals surface area contributed by atoms with Crippen molar-refractivity contribution in [3.05, 3.63) is 5.75 Å². The molecule has 1 heterocycles. The van der Waals surface area contributed by atoms with Crippen LogP contribution in [0.4, 0.5) is 0 Å². The highest BCUT2D eigenvalue weighted by molar-refractivity contribution is 8.01. The van der Waals surface area contributed by atoms with Gasteiger partial charge in [-0.3, -0.25) is 0 Å². The molecular formula is C3H5NS. The SMILES string of the molecule is [C]1CNCS1. The summed E-state index contributed by atoms with van der Waals surface area (Å²) in [7, 11) is 0. The second kappa shape index (κ2) is 1.67. The van der Waals surface area contributed by atoms with Crippen molar-refractivity contribution in [1.29, 1.82) is 0 Å². The number of thioether (sulfide) groups is 1. The summed E-state index contributed by atoms with van der Waals surface area (Å²) in [4.78, 5) is 0. The third kappa shape index (κ3) is 0.816. The fourth-order valence-corrected chi connectivity index (χ4v) is 0.765. The van der Waals surface area contributed by atoms with Gasteiger partial charge in [0.2, 0.25) is 0 Å². The van der Waals surface area contributed by atoms with E-state index >= 15 is 0 Å². The topological polar surface area (TPSA) is 12.0 Å². The average molecular weight is 87.1 g/mol. The van der Waals surface area contributed by atoms with Gasteiger partial charge in [-0.05, 0) is 0 Å². The second-order valence-corrected chi connectivity index (χ2v) is 1.73. The summed E-state index contributed by atoms with van der Waals surface area (Å²) >= 11 is 1.71. The molecule has 1 rings (SSSR count). The number of hydrogen-bond acceptors (Lipinski definition) is 2. The molecule has 1 saturated heterocycles. The summed E-state index contributed by atoms with van der Waals surface area (Å²) in [5.74, 6) is 4.08. The Labute approximate surface area is 36.1 Å². The van der Waals surface area contributed by atoms with Gasteiger partial charge in [-0.25, -0.2) is 0 Å². The fourth-order valence-electron chi connectivity index (χ4n) is 0.255. The minimum atomic E-state index is 0.963. The third-order valence-electron chi connectivity index (χ3n) is 0.473. The van der Waals surface area contributed by atoms with E-state index in [9.17, 15) is 0 Å². The summed E-state index contributed by atoms with van der Waals surface area (Å²) in [6.45, 7) is 0.963. The van der Waals surface area contributed by atoms with Crippen LogP contribution in [0.3, 0.4) is 0 Å². The molecule has 0 spiro atoms. The molecule has 0 atom stereocenters. The van der Waals surface area contributed by atoms with Crippen LogP contribution in [-0.4, -0.2) is 12.4 Å². The van der Waals surface area contributed by atoms with Crippen molar-refractivity contribution in [2.24, 2.45) is 0 Å². The van der Waals surface area contributed by atoms with E-state index in [2.05, 4.69) is 11.1 Å². The number of hydrogen-bond donors (Lipinski definition) is 1. The van der Waals surface area contributed by atoms with Crippen molar-refractivity contribution in [2.75, 3.05) is 12.4 Å². The first-order valence-electron chi connectivity index (χ1n) is 1.55. The molecule has 1 fully saturated rings. The van der Waals surface area contributed by atoms with Gasteiger partial charge in [-0.2, -0.15) is 0 Å². The van der Waals surface area contributed by atoms with E-state index in [1.807, 2.05) is 0 Å². The maximum Gasteiger partial charge on any atom is 0.0644 e. The highest BCUT2D eigenvalue weighted by atomic mass is 32.2. The Kier molecular flexibility index (Phi) is 1.17. The van der Waals surface area contributed by atoms with E-state index in [1.54, 1.807) is 11.8 Å². The smallest absolute Gasteiger partial charge is 0.0644 e. The van der Waals surface area contributed by atoms with Crippen LogP contribution in [-0.2, 0) is 0 Å². The van der Waals surface area contributed by atoms with Gasteiger partial charge in [0.25, 0.3) is 0 Å². The fraction of sp³-hybridized carbons (Fsp3) is 0.667. The molecule has 0 bridgehead atoms. The second-order valence-electron chi connectivity index (χ2n) is 0.860. The van der Waals surface area contributed by atoms with Crippen LogP contribution in [0.5, 0.6) is 0 Å². The molecule has 0 unspecified atom stereocenters. The first-order valence-corrected chi connectivity index (χ1v) is 2.54. The van der Waals surface area contributed by atoms with Crippen LogP contribution in [0.25, 0.3) is 0 Å². The maximum atomic E-state index is 3.07. The van der Waals surface area contributed by atoms with Crippen LogP contribution in [0.1, 0.15) is 0 Å². The molecule has 0 amide bonds. The standard InChI is InChI=1S/C3H5NS/c1-2-5-3-4-1/h4H,1,3H2. The summed E-state index contributed by atoms with van der Waals surface area (Å²) in [6.07, 6.45) is 0. The van der Waals surface area contributed by atoms with Crippen LogP contribution >= 0.6 is 11.8 Å². The van der Waals surface area contributed by atoms with Crippen LogP contribution in [0.15, 0.2) is 0 Å². The van der Waals surface area contributed by atoms with E-state index < -0.39 is 0 Å². The maximum absolute atomic E-state index is 3.07. The molecule has 28 valence electrons. The summed E-state index contributed by atoms with van der Waals surface area (Å²) in [6, 6.07) is 0. The molecule has 0 aromatic rings.